The van der Waals surface area contributed by atoms with Gasteiger partial charge in [-0.2, -0.15) is 0 Å². The van der Waals surface area contributed by atoms with Crippen LogP contribution in [-0.2, 0) is 13.0 Å². The summed E-state index contributed by atoms with van der Waals surface area (Å²) in [6.45, 7) is 1.31. The van der Waals surface area contributed by atoms with Crippen LogP contribution in [0.2, 0.25) is 0 Å². The van der Waals surface area contributed by atoms with E-state index in [0.29, 0.717) is 52.5 Å². The number of anilines is 1. The molecule has 3 aromatic heterocycles. The largest absolute Gasteiger partial charge is 0.507 e. The standard InChI is InChI=1S/C28H24F2N6OS/c29-19-14-18(15-31-16-19)25-34-26(24-27(35-25)36-11-3-4-12-38-28(36)33-24)32-10-9-17-7-8-23(37)21(13-17)20-5-1-2-6-22(20)30/h1-2,5-8,13-16,37H,3-4,9-12H2,(H,32,34,35). The maximum absolute atomic E-state index is 14.4. The average molecular weight is 531 g/mol. The lowest BCUT2D eigenvalue weighted by molar-refractivity contribution is 0.476. The molecule has 38 heavy (non-hydrogen) atoms. The fraction of sp³-hybridized carbons (Fsp3) is 0.214. The van der Waals surface area contributed by atoms with Crippen molar-refractivity contribution in [3.63, 3.8) is 0 Å². The number of aryl methyl sites for hydroxylation is 1. The molecular formula is C28H24F2N6OS. The second-order valence-electron chi connectivity index (χ2n) is 9.07. The first-order valence-electron chi connectivity index (χ1n) is 12.4. The van der Waals surface area contributed by atoms with Crippen molar-refractivity contribution >= 4 is 28.7 Å². The van der Waals surface area contributed by atoms with Gasteiger partial charge >= 0.3 is 0 Å². The minimum Gasteiger partial charge on any atom is -0.507 e. The van der Waals surface area contributed by atoms with Crippen LogP contribution in [0.4, 0.5) is 14.6 Å². The summed E-state index contributed by atoms with van der Waals surface area (Å²) in [7, 11) is 0. The van der Waals surface area contributed by atoms with Crippen molar-refractivity contribution in [1.82, 2.24) is 24.5 Å². The zero-order chi connectivity index (χ0) is 26.1. The van der Waals surface area contributed by atoms with E-state index in [2.05, 4.69) is 14.9 Å². The van der Waals surface area contributed by atoms with Crippen LogP contribution in [0.15, 0.2) is 66.1 Å². The molecule has 4 heterocycles. The summed E-state index contributed by atoms with van der Waals surface area (Å²) < 4.78 is 30.4. The number of imidazole rings is 1. The van der Waals surface area contributed by atoms with Crippen LogP contribution in [-0.4, -0.2) is 41.9 Å². The minimum absolute atomic E-state index is 0.0228. The Morgan fingerprint density at radius 2 is 1.87 bits per heavy atom. The monoisotopic (exact) mass is 530 g/mol. The van der Waals surface area contributed by atoms with E-state index >= 15 is 0 Å². The highest BCUT2D eigenvalue weighted by Crippen LogP contribution is 2.33. The number of phenols is 1. The molecular weight excluding hydrogens is 506 g/mol. The summed E-state index contributed by atoms with van der Waals surface area (Å²) in [5.41, 5.74) is 3.57. The predicted molar refractivity (Wildman–Crippen MR) is 144 cm³/mol. The maximum atomic E-state index is 14.4. The Balaban J connectivity index is 1.32. The highest BCUT2D eigenvalue weighted by atomic mass is 32.2. The van der Waals surface area contributed by atoms with Gasteiger partial charge in [0.05, 0.1) is 6.20 Å². The molecule has 10 heteroatoms. The lowest BCUT2D eigenvalue weighted by atomic mass is 10.00. The lowest BCUT2D eigenvalue weighted by Crippen LogP contribution is -2.09. The quantitative estimate of drug-likeness (QED) is 0.275. The fourth-order valence-electron chi connectivity index (χ4n) is 4.57. The number of pyridine rings is 1. The third-order valence-electron chi connectivity index (χ3n) is 6.46. The van der Waals surface area contributed by atoms with Crippen LogP contribution in [0, 0.1) is 11.6 Å². The number of aromatic hydroxyl groups is 1. The van der Waals surface area contributed by atoms with E-state index in [4.69, 9.17) is 15.0 Å². The fourth-order valence-corrected chi connectivity index (χ4v) is 5.59. The van der Waals surface area contributed by atoms with Crippen molar-refractivity contribution in [1.29, 1.82) is 0 Å². The second-order valence-corrected chi connectivity index (χ2v) is 10.1. The van der Waals surface area contributed by atoms with Gasteiger partial charge in [-0.1, -0.05) is 36.0 Å². The highest BCUT2D eigenvalue weighted by Gasteiger charge is 2.21. The first kappa shape index (κ1) is 24.3. The molecule has 1 aliphatic heterocycles. The van der Waals surface area contributed by atoms with Crippen molar-refractivity contribution in [2.45, 2.75) is 31.0 Å². The van der Waals surface area contributed by atoms with Gasteiger partial charge in [-0.05, 0) is 49.1 Å². The molecule has 0 atom stereocenters. The van der Waals surface area contributed by atoms with E-state index in [9.17, 15) is 13.9 Å². The normalized spacial score (nSPS) is 13.3. The Kier molecular flexibility index (Phi) is 6.63. The number of hydrogen-bond acceptors (Lipinski definition) is 7. The zero-order valence-electron chi connectivity index (χ0n) is 20.4. The van der Waals surface area contributed by atoms with E-state index in [0.717, 1.165) is 42.1 Å². The number of hydrogen-bond donors (Lipinski definition) is 2. The van der Waals surface area contributed by atoms with Crippen LogP contribution >= 0.6 is 11.8 Å². The minimum atomic E-state index is -0.457. The number of phenolic OH excluding ortho intramolecular Hbond substituents is 1. The van der Waals surface area contributed by atoms with Gasteiger partial charge in [0.15, 0.2) is 28.0 Å². The van der Waals surface area contributed by atoms with Crippen molar-refractivity contribution in [2.24, 2.45) is 0 Å². The number of thioether (sulfide) groups is 1. The molecule has 6 rings (SSSR count). The zero-order valence-corrected chi connectivity index (χ0v) is 21.2. The van der Waals surface area contributed by atoms with Crippen LogP contribution in [0.5, 0.6) is 5.75 Å². The van der Waals surface area contributed by atoms with Gasteiger partial charge < -0.3 is 15.0 Å². The van der Waals surface area contributed by atoms with Crippen LogP contribution in [0.25, 0.3) is 33.7 Å². The molecule has 0 amide bonds. The third kappa shape index (κ3) is 4.79. The number of nitrogens with zero attached hydrogens (tertiary/aromatic N) is 5. The predicted octanol–water partition coefficient (Wildman–Crippen LogP) is 6.08. The number of aromatic nitrogens is 5. The Bertz CT molecular complexity index is 1640. The van der Waals surface area contributed by atoms with E-state index in [1.807, 2.05) is 6.07 Å². The van der Waals surface area contributed by atoms with Crippen LogP contribution < -0.4 is 5.32 Å². The molecule has 2 N–H and O–H groups in total. The lowest BCUT2D eigenvalue weighted by Gasteiger charge is -2.11. The Hall–Kier alpha value is -4.05. The molecule has 1 aliphatic rings. The van der Waals surface area contributed by atoms with Crippen LogP contribution in [0.3, 0.4) is 0 Å². The number of fused-ring (bicyclic) bond motifs is 3. The van der Waals surface area contributed by atoms with Crippen molar-refractivity contribution in [3.05, 3.63) is 78.1 Å². The molecule has 0 fully saturated rings. The van der Waals surface area contributed by atoms with Gasteiger partial charge in [-0.15, -0.1) is 0 Å². The molecule has 7 nitrogen and oxygen atoms in total. The van der Waals surface area contributed by atoms with E-state index < -0.39 is 11.6 Å². The van der Waals surface area contributed by atoms with Gasteiger partial charge in [0.2, 0.25) is 0 Å². The van der Waals surface area contributed by atoms with Gasteiger partial charge in [0.1, 0.15) is 17.4 Å². The molecule has 0 spiro atoms. The number of halogens is 2. The molecule has 5 aromatic rings. The Morgan fingerprint density at radius 1 is 0.974 bits per heavy atom. The summed E-state index contributed by atoms with van der Waals surface area (Å²) in [6.07, 6.45) is 5.42. The number of nitrogens with one attached hydrogen (secondary N) is 1. The number of rotatable bonds is 6. The molecule has 0 radical (unpaired) electrons. The van der Waals surface area contributed by atoms with Crippen molar-refractivity contribution in [3.8, 4) is 28.3 Å². The van der Waals surface area contributed by atoms with Gasteiger partial charge in [-0.25, -0.2) is 23.7 Å². The smallest absolute Gasteiger partial charge is 0.170 e. The van der Waals surface area contributed by atoms with E-state index in [1.165, 1.54) is 12.1 Å². The number of benzene rings is 2. The molecule has 0 bridgehead atoms. The topological polar surface area (TPSA) is 88.8 Å². The van der Waals surface area contributed by atoms with Gasteiger partial charge in [-0.3, -0.25) is 4.98 Å². The van der Waals surface area contributed by atoms with Gasteiger partial charge in [0, 0.05) is 41.7 Å². The van der Waals surface area contributed by atoms with Crippen LogP contribution in [0.1, 0.15) is 18.4 Å². The summed E-state index contributed by atoms with van der Waals surface area (Å²) in [5.74, 6) is 1.10. The first-order chi connectivity index (χ1) is 18.6. The van der Waals surface area contributed by atoms with Crippen molar-refractivity contribution in [2.75, 3.05) is 17.6 Å². The Morgan fingerprint density at radius 3 is 2.74 bits per heavy atom. The van der Waals surface area contributed by atoms with Crippen molar-refractivity contribution < 1.29 is 13.9 Å². The second kappa shape index (κ2) is 10.4. The first-order valence-corrected chi connectivity index (χ1v) is 13.4. The SMILES string of the molecule is Oc1ccc(CCNc2nc(-c3cncc(F)c3)nc3c2nc2n3CCCCS2)cc1-c1ccccc1F. The Labute approximate surface area is 222 Å². The molecule has 192 valence electrons. The van der Waals surface area contributed by atoms with Gasteiger partial charge in [0.25, 0.3) is 0 Å². The summed E-state index contributed by atoms with van der Waals surface area (Å²) in [6, 6.07) is 12.9. The third-order valence-corrected chi connectivity index (χ3v) is 7.52. The molecule has 0 unspecified atom stereocenters. The highest BCUT2D eigenvalue weighted by molar-refractivity contribution is 7.99. The van der Waals surface area contributed by atoms with E-state index in [1.54, 1.807) is 48.3 Å². The molecule has 0 saturated heterocycles. The summed E-state index contributed by atoms with van der Waals surface area (Å²) in [5, 5.41) is 14.6. The van der Waals surface area contributed by atoms with E-state index in [-0.39, 0.29) is 5.75 Å². The molecule has 2 aromatic carbocycles. The molecule has 0 saturated carbocycles. The average Bonchev–Trinajstić information content (AvgIpc) is 3.10. The molecule has 0 aliphatic carbocycles. The summed E-state index contributed by atoms with van der Waals surface area (Å²) >= 11 is 1.70. The maximum Gasteiger partial charge on any atom is 0.170 e. The summed E-state index contributed by atoms with van der Waals surface area (Å²) in [4.78, 5) is 18.3.